The lowest BCUT2D eigenvalue weighted by Crippen LogP contribution is -2.35. The molecule has 1 fully saturated rings. The summed E-state index contributed by atoms with van der Waals surface area (Å²) in [4.78, 5) is 2.35. The van der Waals surface area contributed by atoms with E-state index >= 15 is 0 Å². The van der Waals surface area contributed by atoms with Crippen LogP contribution in [-0.4, -0.2) is 17.5 Å². The van der Waals surface area contributed by atoms with E-state index in [4.69, 9.17) is 5.73 Å². The lowest BCUT2D eigenvalue weighted by atomic mass is 10.0. The number of hydrogen-bond acceptors (Lipinski definition) is 3. The molecule has 0 radical (unpaired) electrons. The summed E-state index contributed by atoms with van der Waals surface area (Å²) in [5, 5.41) is 4.23. The van der Waals surface area contributed by atoms with Crippen LogP contribution in [0.2, 0.25) is 0 Å². The van der Waals surface area contributed by atoms with Gasteiger partial charge in [-0.3, -0.25) is 4.90 Å². The molecule has 2 aromatic rings. The molecule has 1 atom stereocenters. The highest BCUT2D eigenvalue weighted by Crippen LogP contribution is 2.37. The zero-order valence-corrected chi connectivity index (χ0v) is 14.0. The molecule has 1 heterocycles. The minimum Gasteiger partial charge on any atom is -0.329 e. The van der Waals surface area contributed by atoms with E-state index in [9.17, 15) is 4.39 Å². The summed E-state index contributed by atoms with van der Waals surface area (Å²) in [6, 6.07) is 7.68. The fourth-order valence-electron chi connectivity index (χ4n) is 2.70. The number of benzene rings is 1. The maximum atomic E-state index is 14.2. The van der Waals surface area contributed by atoms with Crippen molar-refractivity contribution in [1.82, 2.24) is 4.90 Å². The summed E-state index contributed by atoms with van der Waals surface area (Å²) >= 11 is 5.13. The third kappa shape index (κ3) is 3.54. The SMILES string of the molecule is NCC(c1cc(Br)ccc1F)N(Cc1ccsc1)C1CC1. The van der Waals surface area contributed by atoms with Crippen molar-refractivity contribution in [2.75, 3.05) is 6.54 Å². The standard InChI is InChI=1S/C16H18BrFN2S/c17-12-1-4-15(18)14(7-12)16(8-19)20(13-2-3-13)9-11-5-6-21-10-11/h1,4-7,10,13,16H,2-3,8-9,19H2. The van der Waals surface area contributed by atoms with E-state index in [0.717, 1.165) is 11.0 Å². The average molecular weight is 369 g/mol. The third-order valence-corrected chi connectivity index (χ3v) is 5.13. The molecule has 2 N–H and O–H groups in total. The van der Waals surface area contributed by atoms with Crippen molar-refractivity contribution in [3.05, 3.63) is 56.4 Å². The van der Waals surface area contributed by atoms with Gasteiger partial charge in [-0.15, -0.1) is 0 Å². The van der Waals surface area contributed by atoms with Crippen molar-refractivity contribution < 1.29 is 4.39 Å². The van der Waals surface area contributed by atoms with E-state index in [1.165, 1.54) is 24.5 Å². The summed E-state index contributed by atoms with van der Waals surface area (Å²) in [7, 11) is 0. The van der Waals surface area contributed by atoms with Gasteiger partial charge in [0.15, 0.2) is 0 Å². The highest BCUT2D eigenvalue weighted by molar-refractivity contribution is 9.10. The van der Waals surface area contributed by atoms with Crippen molar-refractivity contribution in [1.29, 1.82) is 0 Å². The Hall–Kier alpha value is -0.750. The number of halogens is 2. The van der Waals surface area contributed by atoms with Gasteiger partial charge in [0, 0.05) is 29.2 Å². The van der Waals surface area contributed by atoms with Gasteiger partial charge in [-0.1, -0.05) is 15.9 Å². The molecule has 1 aromatic heterocycles. The van der Waals surface area contributed by atoms with Crippen LogP contribution >= 0.6 is 27.3 Å². The van der Waals surface area contributed by atoms with E-state index in [1.54, 1.807) is 17.4 Å². The van der Waals surface area contributed by atoms with E-state index in [-0.39, 0.29) is 11.9 Å². The highest BCUT2D eigenvalue weighted by atomic mass is 79.9. The van der Waals surface area contributed by atoms with Crippen LogP contribution in [0.25, 0.3) is 0 Å². The molecule has 0 bridgehead atoms. The molecule has 1 aromatic carbocycles. The third-order valence-electron chi connectivity index (χ3n) is 3.90. The maximum Gasteiger partial charge on any atom is 0.128 e. The number of nitrogens with zero attached hydrogens (tertiary/aromatic N) is 1. The van der Waals surface area contributed by atoms with Gasteiger partial charge >= 0.3 is 0 Å². The fraction of sp³-hybridized carbons (Fsp3) is 0.375. The van der Waals surface area contributed by atoms with E-state index < -0.39 is 0 Å². The van der Waals surface area contributed by atoms with E-state index in [0.29, 0.717) is 18.2 Å². The van der Waals surface area contributed by atoms with Gasteiger partial charge in [-0.2, -0.15) is 11.3 Å². The first-order valence-electron chi connectivity index (χ1n) is 7.11. The van der Waals surface area contributed by atoms with Crippen LogP contribution in [0, 0.1) is 5.82 Å². The van der Waals surface area contributed by atoms with Gasteiger partial charge in [0.05, 0.1) is 6.04 Å². The predicted molar refractivity (Wildman–Crippen MR) is 88.8 cm³/mol. The van der Waals surface area contributed by atoms with Crippen molar-refractivity contribution >= 4 is 27.3 Å². The monoisotopic (exact) mass is 368 g/mol. The smallest absolute Gasteiger partial charge is 0.128 e. The van der Waals surface area contributed by atoms with Crippen LogP contribution in [0.15, 0.2) is 39.5 Å². The Balaban J connectivity index is 1.89. The van der Waals surface area contributed by atoms with E-state index in [1.807, 2.05) is 6.07 Å². The van der Waals surface area contributed by atoms with Gasteiger partial charge in [0.1, 0.15) is 5.82 Å². The van der Waals surface area contributed by atoms with Crippen molar-refractivity contribution in [2.45, 2.75) is 31.5 Å². The van der Waals surface area contributed by atoms with Crippen LogP contribution in [-0.2, 0) is 6.54 Å². The second-order valence-electron chi connectivity index (χ2n) is 5.45. The molecule has 21 heavy (non-hydrogen) atoms. The quantitative estimate of drug-likeness (QED) is 0.822. The van der Waals surface area contributed by atoms with Crippen LogP contribution in [0.4, 0.5) is 4.39 Å². The van der Waals surface area contributed by atoms with Crippen molar-refractivity contribution in [3.63, 3.8) is 0 Å². The molecule has 2 nitrogen and oxygen atoms in total. The Labute approximate surface area is 136 Å². The summed E-state index contributed by atoms with van der Waals surface area (Å²) in [5.41, 5.74) is 7.97. The summed E-state index contributed by atoms with van der Waals surface area (Å²) in [5.74, 6) is -0.176. The molecule has 112 valence electrons. The molecule has 1 saturated carbocycles. The first-order valence-corrected chi connectivity index (χ1v) is 8.84. The van der Waals surface area contributed by atoms with Crippen LogP contribution in [0.3, 0.4) is 0 Å². The second-order valence-corrected chi connectivity index (χ2v) is 7.15. The second kappa shape index (κ2) is 6.57. The summed E-state index contributed by atoms with van der Waals surface area (Å²) < 4.78 is 15.1. The molecule has 0 amide bonds. The molecule has 3 rings (SSSR count). The number of rotatable bonds is 6. The molecular weight excluding hydrogens is 351 g/mol. The Morgan fingerprint density at radius 3 is 2.81 bits per heavy atom. The zero-order chi connectivity index (χ0) is 14.8. The number of thiophene rings is 1. The van der Waals surface area contributed by atoms with Crippen molar-refractivity contribution in [2.24, 2.45) is 5.73 Å². The first-order chi connectivity index (χ1) is 10.2. The van der Waals surface area contributed by atoms with Crippen LogP contribution in [0.1, 0.15) is 30.0 Å². The Kier molecular flexibility index (Phi) is 4.74. The van der Waals surface area contributed by atoms with Crippen LogP contribution in [0.5, 0.6) is 0 Å². The van der Waals surface area contributed by atoms with Gasteiger partial charge in [-0.05, 0) is 53.4 Å². The molecule has 1 aliphatic carbocycles. The highest BCUT2D eigenvalue weighted by Gasteiger charge is 2.35. The normalized spacial score (nSPS) is 16.4. The molecule has 1 aliphatic rings. The minimum absolute atomic E-state index is 0.0742. The van der Waals surface area contributed by atoms with Gasteiger partial charge in [0.25, 0.3) is 0 Å². The largest absolute Gasteiger partial charge is 0.329 e. The molecule has 5 heteroatoms. The van der Waals surface area contributed by atoms with Gasteiger partial charge < -0.3 is 5.73 Å². The van der Waals surface area contributed by atoms with E-state index in [2.05, 4.69) is 37.7 Å². The zero-order valence-electron chi connectivity index (χ0n) is 11.6. The predicted octanol–water partition coefficient (Wildman–Crippen LogP) is 4.31. The number of hydrogen-bond donors (Lipinski definition) is 1. The average Bonchev–Trinajstić information content (AvgIpc) is 3.19. The Morgan fingerprint density at radius 2 is 2.19 bits per heavy atom. The van der Waals surface area contributed by atoms with Crippen LogP contribution < -0.4 is 5.73 Å². The Morgan fingerprint density at radius 1 is 1.38 bits per heavy atom. The first kappa shape index (κ1) is 15.2. The molecule has 1 unspecified atom stereocenters. The Bertz CT molecular complexity index is 598. The lowest BCUT2D eigenvalue weighted by Gasteiger charge is -2.31. The molecule has 0 spiro atoms. The lowest BCUT2D eigenvalue weighted by molar-refractivity contribution is 0.178. The summed E-state index contributed by atoms with van der Waals surface area (Å²) in [6.45, 7) is 1.26. The fourth-order valence-corrected chi connectivity index (χ4v) is 3.74. The van der Waals surface area contributed by atoms with Gasteiger partial charge in [-0.25, -0.2) is 4.39 Å². The molecule has 0 aliphatic heterocycles. The summed E-state index contributed by atoms with van der Waals surface area (Å²) in [6.07, 6.45) is 2.35. The molecular formula is C16H18BrFN2S. The van der Waals surface area contributed by atoms with Crippen molar-refractivity contribution in [3.8, 4) is 0 Å². The topological polar surface area (TPSA) is 29.3 Å². The molecule has 0 saturated heterocycles. The maximum absolute atomic E-state index is 14.2. The van der Waals surface area contributed by atoms with Gasteiger partial charge in [0.2, 0.25) is 0 Å². The number of nitrogens with two attached hydrogens (primary N) is 1. The minimum atomic E-state index is -0.176.